The van der Waals surface area contributed by atoms with Crippen LogP contribution >= 0.6 is 0 Å². The molecule has 0 atom stereocenters. The van der Waals surface area contributed by atoms with Gasteiger partial charge in [-0.3, -0.25) is 18.7 Å². The van der Waals surface area contributed by atoms with E-state index in [9.17, 15) is 14.4 Å². The molecule has 6 nitrogen and oxygen atoms in total. The van der Waals surface area contributed by atoms with Crippen LogP contribution in [0.5, 0.6) is 0 Å². The molecule has 0 saturated heterocycles. The van der Waals surface area contributed by atoms with Crippen LogP contribution in [0, 0.1) is 6.92 Å². The van der Waals surface area contributed by atoms with Gasteiger partial charge >= 0.3 is 11.7 Å². The molecular formula is C12H12N2O4. The third kappa shape index (κ3) is 1.71. The van der Waals surface area contributed by atoms with Gasteiger partial charge in [0.2, 0.25) is 0 Å². The third-order valence-corrected chi connectivity index (χ3v) is 2.85. The number of nitrogens with zero attached hydrogens (tertiary/aromatic N) is 2. The quantitative estimate of drug-likeness (QED) is 0.816. The fourth-order valence-corrected chi connectivity index (χ4v) is 2.02. The predicted molar refractivity (Wildman–Crippen MR) is 65.8 cm³/mol. The topological polar surface area (TPSA) is 81.3 Å². The van der Waals surface area contributed by atoms with Crippen molar-refractivity contribution in [2.45, 2.75) is 13.5 Å². The van der Waals surface area contributed by atoms with E-state index in [4.69, 9.17) is 5.11 Å². The Hall–Kier alpha value is -2.37. The first kappa shape index (κ1) is 12.1. The Morgan fingerprint density at radius 2 is 2.00 bits per heavy atom. The molecule has 0 unspecified atom stereocenters. The van der Waals surface area contributed by atoms with E-state index in [1.807, 2.05) is 0 Å². The molecule has 0 amide bonds. The number of rotatable bonds is 2. The monoisotopic (exact) mass is 248 g/mol. The summed E-state index contributed by atoms with van der Waals surface area (Å²) < 4.78 is 2.03. The highest BCUT2D eigenvalue weighted by molar-refractivity contribution is 5.82. The normalized spacial score (nSPS) is 10.8. The first-order valence-electron chi connectivity index (χ1n) is 5.34. The molecule has 0 saturated carbocycles. The van der Waals surface area contributed by atoms with Crippen molar-refractivity contribution in [2.75, 3.05) is 0 Å². The van der Waals surface area contributed by atoms with E-state index in [-0.39, 0.29) is 0 Å². The molecule has 2 aromatic rings. The Balaban J connectivity index is 3.04. The van der Waals surface area contributed by atoms with E-state index in [1.54, 1.807) is 25.1 Å². The lowest BCUT2D eigenvalue weighted by Crippen LogP contribution is -2.39. The van der Waals surface area contributed by atoms with Crippen molar-refractivity contribution in [3.05, 3.63) is 44.6 Å². The first-order chi connectivity index (χ1) is 8.43. The molecule has 94 valence electrons. The average Bonchev–Trinajstić information content (AvgIpc) is 2.31. The van der Waals surface area contributed by atoms with Crippen molar-refractivity contribution >= 4 is 16.9 Å². The number of aryl methyl sites for hydroxylation is 1. The van der Waals surface area contributed by atoms with Crippen molar-refractivity contribution in [2.24, 2.45) is 7.05 Å². The molecule has 0 bridgehead atoms. The van der Waals surface area contributed by atoms with Crippen LogP contribution in [0.2, 0.25) is 0 Å². The summed E-state index contributed by atoms with van der Waals surface area (Å²) in [4.78, 5) is 34.7. The predicted octanol–water partition coefficient (Wildman–Crippen LogP) is 0.0932. The van der Waals surface area contributed by atoms with Gasteiger partial charge in [-0.2, -0.15) is 0 Å². The van der Waals surface area contributed by atoms with Crippen LogP contribution in [0.3, 0.4) is 0 Å². The van der Waals surface area contributed by atoms with Gasteiger partial charge in [0.1, 0.15) is 6.54 Å². The van der Waals surface area contributed by atoms with Gasteiger partial charge in [-0.1, -0.05) is 12.1 Å². The lowest BCUT2D eigenvalue weighted by atomic mass is 10.1. The van der Waals surface area contributed by atoms with Gasteiger partial charge in [-0.25, -0.2) is 4.79 Å². The van der Waals surface area contributed by atoms with Crippen molar-refractivity contribution in [3.63, 3.8) is 0 Å². The summed E-state index contributed by atoms with van der Waals surface area (Å²) in [6.45, 7) is 1.27. The number of hydrogen-bond acceptors (Lipinski definition) is 3. The van der Waals surface area contributed by atoms with Crippen molar-refractivity contribution < 1.29 is 9.90 Å². The second-order valence-corrected chi connectivity index (χ2v) is 4.10. The number of carbonyl (C=O) groups is 1. The van der Waals surface area contributed by atoms with Crippen LogP contribution in [0.4, 0.5) is 0 Å². The lowest BCUT2D eigenvalue weighted by Gasteiger charge is -2.11. The number of benzene rings is 1. The number of carboxylic acids is 1. The molecule has 0 spiro atoms. The third-order valence-electron chi connectivity index (χ3n) is 2.85. The molecule has 0 aliphatic heterocycles. The van der Waals surface area contributed by atoms with Crippen LogP contribution in [0.1, 0.15) is 5.56 Å². The Morgan fingerprint density at radius 3 is 2.61 bits per heavy atom. The Morgan fingerprint density at radius 1 is 1.33 bits per heavy atom. The lowest BCUT2D eigenvalue weighted by molar-refractivity contribution is -0.137. The molecule has 0 aliphatic rings. The zero-order chi connectivity index (χ0) is 13.4. The SMILES string of the molecule is Cc1cccc2c(=O)n(C)c(=O)n(CC(=O)O)c12. The summed E-state index contributed by atoms with van der Waals surface area (Å²) in [5.41, 5.74) is 0.0427. The summed E-state index contributed by atoms with van der Waals surface area (Å²) in [5.74, 6) is -1.12. The van der Waals surface area contributed by atoms with Crippen molar-refractivity contribution in [1.82, 2.24) is 9.13 Å². The number of carboxylic acid groups (broad SMARTS) is 1. The number of aliphatic carboxylic acids is 1. The van der Waals surface area contributed by atoms with Gasteiger partial charge in [0.15, 0.2) is 0 Å². The van der Waals surface area contributed by atoms with E-state index in [0.717, 1.165) is 9.13 Å². The molecule has 1 aromatic carbocycles. The van der Waals surface area contributed by atoms with E-state index >= 15 is 0 Å². The summed E-state index contributed by atoms with van der Waals surface area (Å²) in [5, 5.41) is 9.20. The van der Waals surface area contributed by atoms with Gasteiger partial charge < -0.3 is 5.11 Å². The van der Waals surface area contributed by atoms with Gasteiger partial charge in [0, 0.05) is 7.05 Å². The zero-order valence-electron chi connectivity index (χ0n) is 10.0. The second kappa shape index (κ2) is 4.14. The number of aromatic nitrogens is 2. The van der Waals surface area contributed by atoms with Gasteiger partial charge in [-0.05, 0) is 18.6 Å². The minimum atomic E-state index is -1.12. The summed E-state index contributed by atoms with van der Waals surface area (Å²) in [6.07, 6.45) is 0. The molecule has 1 aromatic heterocycles. The van der Waals surface area contributed by atoms with Crippen molar-refractivity contribution in [3.8, 4) is 0 Å². The molecule has 0 fully saturated rings. The van der Waals surface area contributed by atoms with Gasteiger partial charge in [-0.15, -0.1) is 0 Å². The second-order valence-electron chi connectivity index (χ2n) is 4.10. The summed E-state index contributed by atoms with van der Waals surface area (Å²) in [7, 11) is 1.34. The molecule has 0 radical (unpaired) electrons. The number of hydrogen-bond donors (Lipinski definition) is 1. The minimum Gasteiger partial charge on any atom is -0.480 e. The van der Waals surface area contributed by atoms with E-state index < -0.39 is 23.8 Å². The van der Waals surface area contributed by atoms with Gasteiger partial charge in [0.25, 0.3) is 5.56 Å². The summed E-state index contributed by atoms with van der Waals surface area (Å²) in [6, 6.07) is 5.02. The largest absolute Gasteiger partial charge is 0.480 e. The number of fused-ring (bicyclic) bond motifs is 1. The Kier molecular flexibility index (Phi) is 2.78. The van der Waals surface area contributed by atoms with E-state index in [1.165, 1.54) is 7.05 Å². The molecule has 6 heteroatoms. The maximum absolute atomic E-state index is 12.0. The minimum absolute atomic E-state index is 0.346. The molecular weight excluding hydrogens is 236 g/mol. The molecule has 1 N–H and O–H groups in total. The van der Waals surface area contributed by atoms with Crippen LogP contribution < -0.4 is 11.2 Å². The van der Waals surface area contributed by atoms with Crippen molar-refractivity contribution in [1.29, 1.82) is 0 Å². The maximum Gasteiger partial charge on any atom is 0.331 e. The Bertz CT molecular complexity index is 755. The zero-order valence-corrected chi connectivity index (χ0v) is 10.0. The van der Waals surface area contributed by atoms with E-state index in [2.05, 4.69) is 0 Å². The molecule has 0 aliphatic carbocycles. The standard InChI is InChI=1S/C12H12N2O4/c1-7-4-3-5-8-10(7)14(6-9(15)16)12(18)13(2)11(8)17/h3-5H,6H2,1-2H3,(H,15,16). The Labute approximate surface area is 102 Å². The highest BCUT2D eigenvalue weighted by Crippen LogP contribution is 2.13. The van der Waals surface area contributed by atoms with Gasteiger partial charge in [0.05, 0.1) is 10.9 Å². The van der Waals surface area contributed by atoms with Crippen LogP contribution in [-0.2, 0) is 18.4 Å². The molecule has 1 heterocycles. The number of para-hydroxylation sites is 1. The fraction of sp³-hybridized carbons (Fsp3) is 0.250. The molecule has 18 heavy (non-hydrogen) atoms. The first-order valence-corrected chi connectivity index (χ1v) is 5.34. The smallest absolute Gasteiger partial charge is 0.331 e. The average molecular weight is 248 g/mol. The van der Waals surface area contributed by atoms with Crippen LogP contribution in [0.25, 0.3) is 10.9 Å². The van der Waals surface area contributed by atoms with Crippen LogP contribution in [-0.4, -0.2) is 20.2 Å². The maximum atomic E-state index is 12.0. The fourth-order valence-electron chi connectivity index (χ4n) is 2.02. The molecule has 2 rings (SSSR count). The van der Waals surface area contributed by atoms with E-state index in [0.29, 0.717) is 16.5 Å². The van der Waals surface area contributed by atoms with Crippen LogP contribution in [0.15, 0.2) is 27.8 Å². The highest BCUT2D eigenvalue weighted by atomic mass is 16.4. The highest BCUT2D eigenvalue weighted by Gasteiger charge is 2.14. The summed E-state index contributed by atoms with van der Waals surface area (Å²) >= 11 is 0.